The van der Waals surface area contributed by atoms with E-state index in [0.29, 0.717) is 5.56 Å². The highest BCUT2D eigenvalue weighted by Gasteiger charge is 2.12. The number of benzene rings is 1. The van der Waals surface area contributed by atoms with Gasteiger partial charge in [-0.1, -0.05) is 19.1 Å². The van der Waals surface area contributed by atoms with Crippen molar-refractivity contribution in [3.8, 4) is 0 Å². The summed E-state index contributed by atoms with van der Waals surface area (Å²) in [5, 5.41) is 13.5. The molecule has 106 valence electrons. The second-order valence-corrected chi connectivity index (χ2v) is 5.05. The molecule has 0 fully saturated rings. The Morgan fingerprint density at radius 2 is 1.90 bits per heavy atom. The molecule has 0 amide bonds. The summed E-state index contributed by atoms with van der Waals surface area (Å²) in [4.78, 5) is 10.8. The summed E-state index contributed by atoms with van der Waals surface area (Å²) in [5.41, 5.74) is 4.92. The van der Waals surface area contributed by atoms with Crippen molar-refractivity contribution in [2.75, 3.05) is 0 Å². The molecule has 4 heteroatoms. The predicted molar refractivity (Wildman–Crippen MR) is 78.2 cm³/mol. The second-order valence-electron chi connectivity index (χ2n) is 5.05. The van der Waals surface area contributed by atoms with Crippen LogP contribution >= 0.6 is 0 Å². The number of rotatable bonds is 5. The fourth-order valence-corrected chi connectivity index (χ4v) is 2.39. The van der Waals surface area contributed by atoms with Gasteiger partial charge in [0.05, 0.1) is 11.3 Å². The third-order valence-corrected chi connectivity index (χ3v) is 3.55. The number of carboxylic acids is 1. The van der Waals surface area contributed by atoms with Crippen molar-refractivity contribution in [1.82, 2.24) is 9.78 Å². The number of hydrogen-bond donors (Lipinski definition) is 1. The first-order valence-electron chi connectivity index (χ1n) is 6.88. The standard InChI is InChI=1S/C16H20N2O2/c1-4-9-18-12(3)15(11(2)17-18)10-13-5-7-14(8-6-13)16(19)20/h5-8H,4,9-10H2,1-3H3,(H,19,20). The van der Waals surface area contributed by atoms with Crippen molar-refractivity contribution >= 4 is 5.97 Å². The van der Waals surface area contributed by atoms with Gasteiger partial charge >= 0.3 is 5.97 Å². The van der Waals surface area contributed by atoms with Crippen LogP contribution in [-0.4, -0.2) is 20.9 Å². The zero-order chi connectivity index (χ0) is 14.7. The molecule has 1 aromatic carbocycles. The molecule has 1 heterocycles. The van der Waals surface area contributed by atoms with Crippen LogP contribution in [0.4, 0.5) is 0 Å². The molecule has 0 unspecified atom stereocenters. The van der Waals surface area contributed by atoms with E-state index in [9.17, 15) is 4.79 Å². The number of nitrogens with zero attached hydrogens (tertiary/aromatic N) is 2. The molecule has 2 aromatic rings. The smallest absolute Gasteiger partial charge is 0.335 e. The van der Waals surface area contributed by atoms with Gasteiger partial charge in [-0.2, -0.15) is 5.10 Å². The van der Waals surface area contributed by atoms with Crippen LogP contribution in [0.3, 0.4) is 0 Å². The quantitative estimate of drug-likeness (QED) is 0.909. The Kier molecular flexibility index (Phi) is 4.23. The van der Waals surface area contributed by atoms with Crippen molar-refractivity contribution in [1.29, 1.82) is 0 Å². The van der Waals surface area contributed by atoms with Crippen LogP contribution in [0.2, 0.25) is 0 Å². The van der Waals surface area contributed by atoms with E-state index in [1.807, 2.05) is 19.1 Å². The van der Waals surface area contributed by atoms with E-state index in [2.05, 4.69) is 23.6 Å². The third kappa shape index (κ3) is 2.90. The molecule has 0 saturated carbocycles. The summed E-state index contributed by atoms with van der Waals surface area (Å²) in [6.45, 7) is 7.20. The molecule has 0 saturated heterocycles. The van der Waals surface area contributed by atoms with E-state index < -0.39 is 5.97 Å². The van der Waals surface area contributed by atoms with Crippen molar-refractivity contribution in [3.05, 3.63) is 52.3 Å². The SMILES string of the molecule is CCCn1nc(C)c(Cc2ccc(C(=O)O)cc2)c1C. The Balaban J connectivity index is 2.23. The molecule has 0 aliphatic heterocycles. The van der Waals surface area contributed by atoms with E-state index in [1.54, 1.807) is 12.1 Å². The lowest BCUT2D eigenvalue weighted by atomic mass is 10.0. The minimum absolute atomic E-state index is 0.323. The molecule has 0 aliphatic carbocycles. The maximum Gasteiger partial charge on any atom is 0.335 e. The van der Waals surface area contributed by atoms with Gasteiger partial charge < -0.3 is 5.11 Å². The average molecular weight is 272 g/mol. The second kappa shape index (κ2) is 5.90. The van der Waals surface area contributed by atoms with Crippen molar-refractivity contribution in [2.45, 2.75) is 40.2 Å². The van der Waals surface area contributed by atoms with E-state index in [1.165, 1.54) is 11.3 Å². The summed E-state index contributed by atoms with van der Waals surface area (Å²) in [7, 11) is 0. The Morgan fingerprint density at radius 1 is 1.25 bits per heavy atom. The molecule has 0 radical (unpaired) electrons. The number of hydrogen-bond acceptors (Lipinski definition) is 2. The van der Waals surface area contributed by atoms with Gasteiger partial charge in [0.1, 0.15) is 0 Å². The molecule has 1 aromatic heterocycles. The number of carbonyl (C=O) groups is 1. The van der Waals surface area contributed by atoms with E-state index in [0.717, 1.165) is 30.6 Å². The highest BCUT2D eigenvalue weighted by molar-refractivity contribution is 5.87. The molecular weight excluding hydrogens is 252 g/mol. The van der Waals surface area contributed by atoms with Crippen molar-refractivity contribution in [2.24, 2.45) is 0 Å². The summed E-state index contributed by atoms with van der Waals surface area (Å²) in [5.74, 6) is -0.889. The maximum atomic E-state index is 10.8. The first-order valence-corrected chi connectivity index (χ1v) is 6.88. The molecule has 0 bridgehead atoms. The van der Waals surface area contributed by atoms with E-state index in [4.69, 9.17) is 5.11 Å². The minimum atomic E-state index is -0.889. The number of aromatic carboxylic acids is 1. The maximum absolute atomic E-state index is 10.8. The van der Waals surface area contributed by atoms with Crippen LogP contribution in [0.25, 0.3) is 0 Å². The van der Waals surface area contributed by atoms with Gasteiger partial charge in [0, 0.05) is 24.2 Å². The third-order valence-electron chi connectivity index (χ3n) is 3.55. The number of carboxylic acid groups (broad SMARTS) is 1. The van der Waals surface area contributed by atoms with Crippen LogP contribution in [0.5, 0.6) is 0 Å². The molecule has 0 spiro atoms. The zero-order valence-electron chi connectivity index (χ0n) is 12.2. The largest absolute Gasteiger partial charge is 0.478 e. The Bertz CT molecular complexity index is 612. The van der Waals surface area contributed by atoms with Crippen LogP contribution < -0.4 is 0 Å². The van der Waals surface area contributed by atoms with Crippen molar-refractivity contribution < 1.29 is 9.90 Å². The van der Waals surface area contributed by atoms with Gasteiger partial charge in [-0.05, 0) is 38.0 Å². The molecule has 1 N–H and O–H groups in total. The molecule has 4 nitrogen and oxygen atoms in total. The fourth-order valence-electron chi connectivity index (χ4n) is 2.39. The van der Waals surface area contributed by atoms with Crippen LogP contribution in [-0.2, 0) is 13.0 Å². The van der Waals surface area contributed by atoms with Crippen LogP contribution in [0.15, 0.2) is 24.3 Å². The highest BCUT2D eigenvalue weighted by atomic mass is 16.4. The molecular formula is C16H20N2O2. The molecule has 0 atom stereocenters. The van der Waals surface area contributed by atoms with Crippen molar-refractivity contribution in [3.63, 3.8) is 0 Å². The Labute approximate surface area is 119 Å². The Hall–Kier alpha value is -2.10. The minimum Gasteiger partial charge on any atom is -0.478 e. The van der Waals surface area contributed by atoms with Gasteiger partial charge in [-0.3, -0.25) is 4.68 Å². The predicted octanol–water partition coefficient (Wildman–Crippen LogP) is 3.20. The topological polar surface area (TPSA) is 55.1 Å². The van der Waals surface area contributed by atoms with Crippen LogP contribution in [0.1, 0.15) is 46.2 Å². The monoisotopic (exact) mass is 272 g/mol. The van der Waals surface area contributed by atoms with Gasteiger partial charge in [-0.15, -0.1) is 0 Å². The average Bonchev–Trinajstić information content (AvgIpc) is 2.68. The lowest BCUT2D eigenvalue weighted by Crippen LogP contribution is -2.02. The number of aromatic nitrogens is 2. The highest BCUT2D eigenvalue weighted by Crippen LogP contribution is 2.18. The van der Waals surface area contributed by atoms with E-state index >= 15 is 0 Å². The normalized spacial score (nSPS) is 10.8. The lowest BCUT2D eigenvalue weighted by molar-refractivity contribution is 0.0697. The van der Waals surface area contributed by atoms with E-state index in [-0.39, 0.29) is 0 Å². The van der Waals surface area contributed by atoms with Gasteiger partial charge in [0.2, 0.25) is 0 Å². The Morgan fingerprint density at radius 3 is 2.45 bits per heavy atom. The zero-order valence-corrected chi connectivity index (χ0v) is 12.2. The lowest BCUT2D eigenvalue weighted by Gasteiger charge is -2.05. The molecule has 2 rings (SSSR count). The molecule has 0 aliphatic rings. The fraction of sp³-hybridized carbons (Fsp3) is 0.375. The van der Waals surface area contributed by atoms with Gasteiger partial charge in [0.15, 0.2) is 0 Å². The molecule has 20 heavy (non-hydrogen) atoms. The summed E-state index contributed by atoms with van der Waals surface area (Å²) in [6, 6.07) is 7.05. The van der Waals surface area contributed by atoms with Gasteiger partial charge in [-0.25, -0.2) is 4.79 Å². The first kappa shape index (κ1) is 14.3. The summed E-state index contributed by atoms with van der Waals surface area (Å²) < 4.78 is 2.05. The van der Waals surface area contributed by atoms with Gasteiger partial charge in [0.25, 0.3) is 0 Å². The summed E-state index contributed by atoms with van der Waals surface area (Å²) in [6.07, 6.45) is 1.86. The first-order chi connectivity index (χ1) is 9.52. The van der Waals surface area contributed by atoms with Crippen LogP contribution in [0, 0.1) is 13.8 Å². The number of aryl methyl sites for hydroxylation is 2. The summed E-state index contributed by atoms with van der Waals surface area (Å²) >= 11 is 0.